The zero-order valence-electron chi connectivity index (χ0n) is 6.05. The van der Waals surface area contributed by atoms with Crippen molar-refractivity contribution in [2.45, 2.75) is 13.8 Å². The summed E-state index contributed by atoms with van der Waals surface area (Å²) in [6.45, 7) is 10.6. The normalized spacial score (nSPS) is 8.90. The van der Waals surface area contributed by atoms with E-state index in [2.05, 4.69) is 9.83 Å². The standard InChI is InChI=1S/C8H8N2/c1-6-4-5-10-7(2)8(6)9-3/h4-5H,1-2H3. The lowest BCUT2D eigenvalue weighted by molar-refractivity contribution is 1.19. The summed E-state index contributed by atoms with van der Waals surface area (Å²) in [5.74, 6) is 0. The Morgan fingerprint density at radius 1 is 1.50 bits per heavy atom. The largest absolute Gasteiger partial charge is 0.273 e. The summed E-state index contributed by atoms with van der Waals surface area (Å²) in [7, 11) is 0. The van der Waals surface area contributed by atoms with E-state index >= 15 is 0 Å². The molecule has 0 bridgehead atoms. The van der Waals surface area contributed by atoms with E-state index < -0.39 is 0 Å². The highest BCUT2D eigenvalue weighted by Crippen LogP contribution is 2.19. The van der Waals surface area contributed by atoms with Crippen molar-refractivity contribution >= 4 is 5.69 Å². The summed E-state index contributed by atoms with van der Waals surface area (Å²) >= 11 is 0. The number of aryl methyl sites for hydroxylation is 2. The first-order valence-electron chi connectivity index (χ1n) is 3.05. The highest BCUT2D eigenvalue weighted by Gasteiger charge is 1.99. The molecule has 1 aromatic heterocycles. The fourth-order valence-electron chi connectivity index (χ4n) is 0.855. The van der Waals surface area contributed by atoms with Crippen LogP contribution in [0, 0.1) is 20.4 Å². The quantitative estimate of drug-likeness (QED) is 0.495. The highest BCUT2D eigenvalue weighted by atomic mass is 14.8. The van der Waals surface area contributed by atoms with Gasteiger partial charge in [0.2, 0.25) is 5.69 Å². The molecule has 0 N–H and O–H groups in total. The van der Waals surface area contributed by atoms with Crippen LogP contribution >= 0.6 is 0 Å². The molecule has 1 heterocycles. The Hall–Kier alpha value is -1.36. The molecule has 0 unspecified atom stereocenters. The smallest absolute Gasteiger partial charge is 0.210 e. The molecule has 0 amide bonds. The van der Waals surface area contributed by atoms with Crippen LogP contribution in [0.1, 0.15) is 11.3 Å². The second-order valence-electron chi connectivity index (χ2n) is 2.17. The van der Waals surface area contributed by atoms with E-state index in [1.54, 1.807) is 6.20 Å². The maximum atomic E-state index is 6.81. The third-order valence-corrected chi connectivity index (χ3v) is 1.42. The van der Waals surface area contributed by atoms with E-state index in [4.69, 9.17) is 6.57 Å². The minimum absolute atomic E-state index is 0.683. The Kier molecular flexibility index (Phi) is 1.68. The predicted molar refractivity (Wildman–Crippen MR) is 40.0 cm³/mol. The number of aromatic nitrogens is 1. The first kappa shape index (κ1) is 6.76. The SMILES string of the molecule is [C-]#[N+]c1c(C)ccnc1C. The highest BCUT2D eigenvalue weighted by molar-refractivity contribution is 5.54. The summed E-state index contributed by atoms with van der Waals surface area (Å²) < 4.78 is 0. The molecule has 0 fully saturated rings. The molecular weight excluding hydrogens is 124 g/mol. The van der Waals surface area contributed by atoms with Gasteiger partial charge in [0.15, 0.2) is 0 Å². The van der Waals surface area contributed by atoms with Gasteiger partial charge in [-0.2, -0.15) is 0 Å². The van der Waals surface area contributed by atoms with Gasteiger partial charge in [-0.15, -0.1) is 0 Å². The van der Waals surface area contributed by atoms with Crippen LogP contribution in [0.5, 0.6) is 0 Å². The molecule has 2 nitrogen and oxygen atoms in total. The number of hydrogen-bond donors (Lipinski definition) is 0. The average molecular weight is 132 g/mol. The third-order valence-electron chi connectivity index (χ3n) is 1.42. The Morgan fingerprint density at radius 3 is 2.60 bits per heavy atom. The first-order chi connectivity index (χ1) is 4.75. The van der Waals surface area contributed by atoms with E-state index in [1.807, 2.05) is 19.9 Å². The second kappa shape index (κ2) is 2.49. The molecule has 0 radical (unpaired) electrons. The van der Waals surface area contributed by atoms with Gasteiger partial charge < -0.3 is 0 Å². The van der Waals surface area contributed by atoms with Crippen molar-refractivity contribution in [3.63, 3.8) is 0 Å². The van der Waals surface area contributed by atoms with Crippen molar-refractivity contribution in [3.8, 4) is 0 Å². The average Bonchev–Trinajstić information content (AvgIpc) is 1.88. The Bertz CT molecular complexity index is 264. The maximum Gasteiger partial charge on any atom is 0.210 e. The van der Waals surface area contributed by atoms with Crippen molar-refractivity contribution in [3.05, 3.63) is 34.9 Å². The van der Waals surface area contributed by atoms with Gasteiger partial charge in [0.25, 0.3) is 0 Å². The maximum absolute atomic E-state index is 6.81. The molecule has 2 heteroatoms. The summed E-state index contributed by atoms with van der Waals surface area (Å²) in [5, 5.41) is 0. The van der Waals surface area contributed by atoms with Gasteiger partial charge in [0.05, 0.1) is 6.57 Å². The number of pyridine rings is 1. The lowest BCUT2D eigenvalue weighted by Crippen LogP contribution is -1.81. The van der Waals surface area contributed by atoms with E-state index in [9.17, 15) is 0 Å². The molecule has 50 valence electrons. The number of nitrogens with zero attached hydrogens (tertiary/aromatic N) is 2. The van der Waals surface area contributed by atoms with Crippen LogP contribution < -0.4 is 0 Å². The molecule has 0 saturated carbocycles. The van der Waals surface area contributed by atoms with E-state index in [0.717, 1.165) is 11.3 Å². The molecule has 0 aliphatic carbocycles. The zero-order chi connectivity index (χ0) is 7.56. The topological polar surface area (TPSA) is 17.2 Å². The molecule has 0 spiro atoms. The van der Waals surface area contributed by atoms with Crippen molar-refractivity contribution < 1.29 is 0 Å². The van der Waals surface area contributed by atoms with Gasteiger partial charge in [0.1, 0.15) is 0 Å². The van der Waals surface area contributed by atoms with Gasteiger partial charge in [0, 0.05) is 11.9 Å². The third kappa shape index (κ3) is 0.985. The Labute approximate surface area is 60.3 Å². The van der Waals surface area contributed by atoms with Crippen LogP contribution in [0.15, 0.2) is 12.3 Å². The lowest BCUT2D eigenvalue weighted by Gasteiger charge is -1.97. The van der Waals surface area contributed by atoms with E-state index in [0.29, 0.717) is 5.69 Å². The molecule has 10 heavy (non-hydrogen) atoms. The molecule has 0 aliphatic rings. The van der Waals surface area contributed by atoms with Gasteiger partial charge in [-0.25, -0.2) is 4.85 Å². The van der Waals surface area contributed by atoms with Crippen molar-refractivity contribution in [2.75, 3.05) is 0 Å². The van der Waals surface area contributed by atoms with Gasteiger partial charge in [-0.05, 0) is 19.4 Å². The number of rotatable bonds is 0. The summed E-state index contributed by atoms with van der Waals surface area (Å²) in [4.78, 5) is 7.35. The minimum atomic E-state index is 0.683. The Morgan fingerprint density at radius 2 is 2.20 bits per heavy atom. The van der Waals surface area contributed by atoms with Crippen molar-refractivity contribution in [1.29, 1.82) is 0 Å². The second-order valence-corrected chi connectivity index (χ2v) is 2.17. The van der Waals surface area contributed by atoms with Crippen LogP contribution in [0.4, 0.5) is 5.69 Å². The molecule has 1 rings (SSSR count). The molecule has 0 atom stereocenters. The minimum Gasteiger partial charge on any atom is -0.273 e. The van der Waals surface area contributed by atoms with Crippen LogP contribution in [0.3, 0.4) is 0 Å². The monoisotopic (exact) mass is 132 g/mol. The van der Waals surface area contributed by atoms with Crippen molar-refractivity contribution in [2.24, 2.45) is 0 Å². The molecule has 0 saturated heterocycles. The van der Waals surface area contributed by atoms with Gasteiger partial charge >= 0.3 is 0 Å². The molecule has 1 aromatic rings. The van der Waals surface area contributed by atoms with Crippen molar-refractivity contribution in [1.82, 2.24) is 4.98 Å². The zero-order valence-corrected chi connectivity index (χ0v) is 6.05. The summed E-state index contributed by atoms with van der Waals surface area (Å²) in [6, 6.07) is 1.85. The van der Waals surface area contributed by atoms with Crippen LogP contribution in [-0.2, 0) is 0 Å². The van der Waals surface area contributed by atoms with Crippen LogP contribution in [-0.4, -0.2) is 4.98 Å². The predicted octanol–water partition coefficient (Wildman–Crippen LogP) is 2.25. The number of hydrogen-bond acceptors (Lipinski definition) is 1. The van der Waals surface area contributed by atoms with Gasteiger partial charge in [-0.1, -0.05) is 6.07 Å². The molecule has 0 aliphatic heterocycles. The van der Waals surface area contributed by atoms with E-state index in [-0.39, 0.29) is 0 Å². The van der Waals surface area contributed by atoms with Crippen LogP contribution in [0.25, 0.3) is 4.85 Å². The fraction of sp³-hybridized carbons (Fsp3) is 0.250. The summed E-state index contributed by atoms with van der Waals surface area (Å²) in [6.07, 6.45) is 1.72. The lowest BCUT2D eigenvalue weighted by atomic mass is 10.2. The fourth-order valence-corrected chi connectivity index (χ4v) is 0.855. The Balaban J connectivity index is 3.34. The summed E-state index contributed by atoms with van der Waals surface area (Å²) in [5.41, 5.74) is 2.50. The van der Waals surface area contributed by atoms with Crippen LogP contribution in [0.2, 0.25) is 0 Å². The molecule has 0 aromatic carbocycles. The first-order valence-corrected chi connectivity index (χ1v) is 3.05. The van der Waals surface area contributed by atoms with E-state index in [1.165, 1.54) is 0 Å². The molecular formula is C8H8N2. The van der Waals surface area contributed by atoms with Gasteiger partial charge in [-0.3, -0.25) is 4.98 Å².